The van der Waals surface area contributed by atoms with Crippen molar-refractivity contribution >= 4 is 17.3 Å². The summed E-state index contributed by atoms with van der Waals surface area (Å²) >= 11 is 6.16. The van der Waals surface area contributed by atoms with Crippen LogP contribution in [0.15, 0.2) is 42.7 Å². The number of benzene rings is 1. The van der Waals surface area contributed by atoms with E-state index in [0.29, 0.717) is 5.69 Å². The van der Waals surface area contributed by atoms with Crippen LogP contribution in [0.1, 0.15) is 11.1 Å². The number of aromatic nitrogens is 1. The highest BCUT2D eigenvalue weighted by Crippen LogP contribution is 2.20. The first-order valence-corrected chi connectivity index (χ1v) is 6.14. The van der Waals surface area contributed by atoms with Crippen LogP contribution in [0.2, 0.25) is 5.02 Å². The number of rotatable bonds is 4. The first-order valence-electron chi connectivity index (χ1n) is 5.76. The molecule has 0 saturated heterocycles. The number of nitrogen functional groups attached to an aromatic ring is 1. The predicted octanol–water partition coefficient (Wildman–Crippen LogP) is 2.95. The van der Waals surface area contributed by atoms with Crippen molar-refractivity contribution in [1.29, 1.82) is 0 Å². The summed E-state index contributed by atoms with van der Waals surface area (Å²) in [6.45, 7) is 1.66. The summed E-state index contributed by atoms with van der Waals surface area (Å²) in [5, 5.41) is 0.719. The minimum atomic E-state index is 0.695. The Morgan fingerprint density at radius 3 is 2.56 bits per heavy atom. The lowest BCUT2D eigenvalue weighted by Crippen LogP contribution is -2.17. The van der Waals surface area contributed by atoms with Gasteiger partial charge in [0.2, 0.25) is 0 Å². The minimum Gasteiger partial charge on any atom is -0.399 e. The van der Waals surface area contributed by atoms with Crippen LogP contribution in [0, 0.1) is 0 Å². The molecule has 0 fully saturated rings. The highest BCUT2D eigenvalue weighted by Gasteiger charge is 2.05. The van der Waals surface area contributed by atoms with Crippen molar-refractivity contribution in [3.05, 3.63) is 58.9 Å². The molecule has 1 aromatic carbocycles. The summed E-state index contributed by atoms with van der Waals surface area (Å²) in [5.41, 5.74) is 8.69. The molecule has 0 saturated carbocycles. The molecule has 94 valence electrons. The second-order valence-corrected chi connectivity index (χ2v) is 4.79. The highest BCUT2D eigenvalue weighted by molar-refractivity contribution is 6.31. The number of hydrogen-bond donors (Lipinski definition) is 1. The van der Waals surface area contributed by atoms with E-state index in [9.17, 15) is 0 Å². The number of nitrogens with two attached hydrogens (primary N) is 1. The predicted molar refractivity (Wildman–Crippen MR) is 75.3 cm³/mol. The molecule has 2 rings (SSSR count). The van der Waals surface area contributed by atoms with E-state index >= 15 is 0 Å². The van der Waals surface area contributed by atoms with Gasteiger partial charge in [-0.25, -0.2) is 0 Å². The van der Waals surface area contributed by atoms with Gasteiger partial charge in [-0.2, -0.15) is 0 Å². The van der Waals surface area contributed by atoms with Crippen molar-refractivity contribution in [3.63, 3.8) is 0 Å². The fraction of sp³-hybridized carbons (Fsp3) is 0.214. The van der Waals surface area contributed by atoms with Gasteiger partial charge in [-0.3, -0.25) is 9.88 Å². The molecule has 4 heteroatoms. The van der Waals surface area contributed by atoms with Crippen LogP contribution in [0.25, 0.3) is 0 Å². The Bertz CT molecular complexity index is 514. The van der Waals surface area contributed by atoms with E-state index in [0.717, 1.165) is 23.7 Å². The smallest absolute Gasteiger partial charge is 0.0471 e. The Hall–Kier alpha value is -1.58. The lowest BCUT2D eigenvalue weighted by Gasteiger charge is -2.17. The third-order valence-electron chi connectivity index (χ3n) is 2.72. The topological polar surface area (TPSA) is 42.2 Å². The molecule has 3 nitrogen and oxygen atoms in total. The van der Waals surface area contributed by atoms with Crippen LogP contribution < -0.4 is 5.73 Å². The summed E-state index contributed by atoms with van der Waals surface area (Å²) in [7, 11) is 2.06. The van der Waals surface area contributed by atoms with Crippen LogP contribution in [-0.4, -0.2) is 16.9 Å². The zero-order chi connectivity index (χ0) is 13.0. The van der Waals surface area contributed by atoms with Gasteiger partial charge in [0.05, 0.1) is 0 Å². The van der Waals surface area contributed by atoms with Gasteiger partial charge in [0.15, 0.2) is 0 Å². The van der Waals surface area contributed by atoms with E-state index in [4.69, 9.17) is 17.3 Å². The Labute approximate surface area is 112 Å². The maximum atomic E-state index is 6.16. The Morgan fingerprint density at radius 2 is 1.89 bits per heavy atom. The highest BCUT2D eigenvalue weighted by atomic mass is 35.5. The Morgan fingerprint density at radius 1 is 1.17 bits per heavy atom. The van der Waals surface area contributed by atoms with Gasteiger partial charge < -0.3 is 5.73 Å². The summed E-state index contributed by atoms with van der Waals surface area (Å²) in [6.07, 6.45) is 3.61. The average Bonchev–Trinajstić information content (AvgIpc) is 2.34. The van der Waals surface area contributed by atoms with Gasteiger partial charge in [-0.15, -0.1) is 0 Å². The maximum Gasteiger partial charge on any atom is 0.0471 e. The van der Waals surface area contributed by atoms with Crippen LogP contribution in [0.5, 0.6) is 0 Å². The molecule has 18 heavy (non-hydrogen) atoms. The quantitative estimate of drug-likeness (QED) is 0.861. The van der Waals surface area contributed by atoms with Gasteiger partial charge in [0.25, 0.3) is 0 Å². The fourth-order valence-electron chi connectivity index (χ4n) is 1.84. The van der Waals surface area contributed by atoms with Crippen LogP contribution in [0.3, 0.4) is 0 Å². The van der Waals surface area contributed by atoms with Crippen molar-refractivity contribution < 1.29 is 0 Å². The third-order valence-corrected chi connectivity index (χ3v) is 3.07. The first kappa shape index (κ1) is 12.9. The van der Waals surface area contributed by atoms with Gasteiger partial charge >= 0.3 is 0 Å². The third kappa shape index (κ3) is 3.45. The molecule has 0 aliphatic rings. The van der Waals surface area contributed by atoms with Gasteiger partial charge in [0.1, 0.15) is 0 Å². The second-order valence-electron chi connectivity index (χ2n) is 4.38. The number of halogens is 1. The molecule has 0 atom stereocenters. The fourth-order valence-corrected chi connectivity index (χ4v) is 2.09. The number of nitrogens with zero attached hydrogens (tertiary/aromatic N) is 2. The number of hydrogen-bond acceptors (Lipinski definition) is 3. The summed E-state index contributed by atoms with van der Waals surface area (Å²) in [4.78, 5) is 6.21. The molecule has 2 aromatic rings. The van der Waals surface area contributed by atoms with Crippen molar-refractivity contribution in [1.82, 2.24) is 9.88 Å². The maximum absolute atomic E-state index is 6.16. The lowest BCUT2D eigenvalue weighted by atomic mass is 10.2. The van der Waals surface area contributed by atoms with Crippen LogP contribution in [-0.2, 0) is 13.1 Å². The first-order chi connectivity index (χ1) is 8.65. The van der Waals surface area contributed by atoms with Crippen molar-refractivity contribution in [2.75, 3.05) is 12.8 Å². The Kier molecular flexibility index (Phi) is 4.18. The van der Waals surface area contributed by atoms with Crippen molar-refractivity contribution in [3.8, 4) is 0 Å². The number of anilines is 1. The van der Waals surface area contributed by atoms with E-state index in [1.54, 1.807) is 18.5 Å². The molecule has 1 aromatic heterocycles. The van der Waals surface area contributed by atoms with Crippen molar-refractivity contribution in [2.45, 2.75) is 13.1 Å². The van der Waals surface area contributed by atoms with E-state index < -0.39 is 0 Å². The average molecular weight is 262 g/mol. The van der Waals surface area contributed by atoms with E-state index in [2.05, 4.69) is 16.9 Å². The molecule has 0 bridgehead atoms. The van der Waals surface area contributed by atoms with E-state index in [1.165, 1.54) is 5.56 Å². The molecule has 0 amide bonds. The molecule has 2 N–H and O–H groups in total. The molecule has 0 unspecified atom stereocenters. The molecule has 0 spiro atoms. The van der Waals surface area contributed by atoms with Crippen LogP contribution in [0.4, 0.5) is 5.69 Å². The standard InChI is InChI=1S/C14H16ClN3/c1-18(9-11-4-6-17-7-5-11)10-12-2-3-13(16)8-14(12)15/h2-8H,9-10,16H2,1H3. The van der Waals surface area contributed by atoms with Gasteiger partial charge in [-0.05, 0) is 42.4 Å². The molecule has 0 aliphatic carbocycles. The second kappa shape index (κ2) is 5.85. The van der Waals surface area contributed by atoms with E-state index in [-0.39, 0.29) is 0 Å². The number of pyridine rings is 1. The summed E-state index contributed by atoms with van der Waals surface area (Å²) < 4.78 is 0. The summed E-state index contributed by atoms with van der Waals surface area (Å²) in [6, 6.07) is 9.67. The molecule has 1 heterocycles. The lowest BCUT2D eigenvalue weighted by molar-refractivity contribution is 0.319. The molecular formula is C14H16ClN3. The largest absolute Gasteiger partial charge is 0.399 e. The van der Waals surface area contributed by atoms with Gasteiger partial charge in [-0.1, -0.05) is 17.7 Å². The minimum absolute atomic E-state index is 0.695. The summed E-state index contributed by atoms with van der Waals surface area (Å²) in [5.74, 6) is 0. The molecule has 0 radical (unpaired) electrons. The normalized spacial score (nSPS) is 10.8. The van der Waals surface area contributed by atoms with Crippen LogP contribution >= 0.6 is 11.6 Å². The zero-order valence-corrected chi connectivity index (χ0v) is 11.1. The van der Waals surface area contributed by atoms with Gasteiger partial charge in [0, 0.05) is 36.2 Å². The zero-order valence-electron chi connectivity index (χ0n) is 10.3. The van der Waals surface area contributed by atoms with Crippen molar-refractivity contribution in [2.24, 2.45) is 0 Å². The van der Waals surface area contributed by atoms with E-state index in [1.807, 2.05) is 24.3 Å². The SMILES string of the molecule is CN(Cc1ccncc1)Cc1ccc(N)cc1Cl. The molecule has 0 aliphatic heterocycles. The molecular weight excluding hydrogens is 246 g/mol. The Balaban J connectivity index is 2.01. The monoisotopic (exact) mass is 261 g/mol.